The molecule has 1 amide bonds. The van der Waals surface area contributed by atoms with Gasteiger partial charge in [-0.25, -0.2) is 0 Å². The third-order valence-electron chi connectivity index (χ3n) is 5.57. The van der Waals surface area contributed by atoms with Crippen molar-refractivity contribution in [3.05, 3.63) is 48.3 Å². The maximum atomic E-state index is 12.9. The number of amides is 1. The van der Waals surface area contributed by atoms with E-state index in [2.05, 4.69) is 15.2 Å². The van der Waals surface area contributed by atoms with Crippen LogP contribution in [0.1, 0.15) is 31.2 Å². The molecule has 1 saturated heterocycles. The lowest BCUT2D eigenvalue weighted by atomic mass is 10.1. The number of nitrogens with one attached hydrogen (secondary N) is 1. The average molecular weight is 381 g/mol. The summed E-state index contributed by atoms with van der Waals surface area (Å²) in [6.45, 7) is 3.97. The lowest BCUT2D eigenvalue weighted by molar-refractivity contribution is -0.129. The van der Waals surface area contributed by atoms with Gasteiger partial charge in [0.25, 0.3) is 0 Å². The second-order valence-corrected chi connectivity index (χ2v) is 7.53. The van der Waals surface area contributed by atoms with Crippen molar-refractivity contribution in [2.75, 3.05) is 25.1 Å². The summed E-state index contributed by atoms with van der Waals surface area (Å²) in [5.74, 6) is 1.44. The minimum Gasteiger partial charge on any atom is -0.455 e. The second kappa shape index (κ2) is 8.71. The molecule has 1 aromatic carbocycles. The van der Waals surface area contributed by atoms with Gasteiger partial charge in [-0.2, -0.15) is 0 Å². The summed E-state index contributed by atoms with van der Waals surface area (Å²) in [7, 11) is 0. The zero-order valence-corrected chi connectivity index (χ0v) is 16.3. The van der Waals surface area contributed by atoms with Crippen LogP contribution in [0.25, 0.3) is 0 Å². The molecule has 0 bridgehead atoms. The first-order valence-electron chi connectivity index (χ1n) is 10.0. The Morgan fingerprint density at radius 3 is 2.89 bits per heavy atom. The number of nitrogens with zero attached hydrogens (tertiary/aromatic N) is 2. The highest BCUT2D eigenvalue weighted by atomic mass is 16.5. The van der Waals surface area contributed by atoms with Gasteiger partial charge in [0, 0.05) is 24.5 Å². The number of carbonyl (C=O) groups excluding carboxylic acids is 1. The molecule has 6 heteroatoms. The van der Waals surface area contributed by atoms with Gasteiger partial charge in [-0.15, -0.1) is 0 Å². The zero-order valence-electron chi connectivity index (χ0n) is 16.3. The molecule has 1 aromatic heterocycles. The normalized spacial score (nSPS) is 20.8. The number of morpholine rings is 1. The smallest absolute Gasteiger partial charge is 0.244 e. The van der Waals surface area contributed by atoms with Crippen molar-refractivity contribution >= 4 is 11.6 Å². The number of anilines is 1. The topological polar surface area (TPSA) is 63.7 Å². The van der Waals surface area contributed by atoms with E-state index < -0.39 is 0 Å². The van der Waals surface area contributed by atoms with Gasteiger partial charge < -0.3 is 14.8 Å². The van der Waals surface area contributed by atoms with Gasteiger partial charge in [-0.3, -0.25) is 14.7 Å². The number of hydrogen-bond acceptors (Lipinski definition) is 5. The fourth-order valence-corrected chi connectivity index (χ4v) is 4.12. The average Bonchev–Trinajstić information content (AvgIpc) is 3.25. The maximum absolute atomic E-state index is 12.9. The SMILES string of the molecule is Cc1cc(NC(=O)C2COCCN2C2CCCC2)ccc1Oc1cccnc1. The van der Waals surface area contributed by atoms with Gasteiger partial charge in [0.1, 0.15) is 17.5 Å². The first kappa shape index (κ1) is 18.9. The Balaban J connectivity index is 1.42. The van der Waals surface area contributed by atoms with Crippen molar-refractivity contribution < 1.29 is 14.3 Å². The Hall–Kier alpha value is -2.44. The number of carbonyl (C=O) groups is 1. The Labute approximate surface area is 165 Å². The fourth-order valence-electron chi connectivity index (χ4n) is 4.12. The zero-order chi connectivity index (χ0) is 19.3. The predicted octanol–water partition coefficient (Wildman–Crippen LogP) is 3.76. The lowest BCUT2D eigenvalue weighted by Crippen LogP contribution is -2.55. The molecule has 1 aliphatic heterocycles. The summed E-state index contributed by atoms with van der Waals surface area (Å²) in [6.07, 6.45) is 8.27. The number of aryl methyl sites for hydroxylation is 1. The number of pyridine rings is 1. The van der Waals surface area contributed by atoms with Crippen LogP contribution in [0.3, 0.4) is 0 Å². The molecule has 1 N–H and O–H groups in total. The second-order valence-electron chi connectivity index (χ2n) is 7.53. The Morgan fingerprint density at radius 2 is 2.14 bits per heavy atom. The van der Waals surface area contributed by atoms with Gasteiger partial charge in [-0.1, -0.05) is 12.8 Å². The van der Waals surface area contributed by atoms with E-state index in [1.165, 1.54) is 25.7 Å². The van der Waals surface area contributed by atoms with Crippen molar-refractivity contribution in [2.24, 2.45) is 0 Å². The first-order valence-corrected chi connectivity index (χ1v) is 10.0. The molecule has 2 heterocycles. The molecule has 28 heavy (non-hydrogen) atoms. The largest absolute Gasteiger partial charge is 0.455 e. The molecule has 148 valence electrons. The highest BCUT2D eigenvalue weighted by Crippen LogP contribution is 2.29. The van der Waals surface area contributed by atoms with E-state index in [0.29, 0.717) is 25.0 Å². The van der Waals surface area contributed by atoms with Crippen molar-refractivity contribution in [3.63, 3.8) is 0 Å². The summed E-state index contributed by atoms with van der Waals surface area (Å²) < 4.78 is 11.5. The monoisotopic (exact) mass is 381 g/mol. The lowest BCUT2D eigenvalue weighted by Gasteiger charge is -2.38. The Bertz CT molecular complexity index is 806. The van der Waals surface area contributed by atoms with E-state index in [9.17, 15) is 4.79 Å². The van der Waals surface area contributed by atoms with E-state index in [-0.39, 0.29) is 11.9 Å². The summed E-state index contributed by atoms with van der Waals surface area (Å²) in [4.78, 5) is 19.4. The van der Waals surface area contributed by atoms with Crippen LogP contribution in [-0.4, -0.2) is 47.6 Å². The quantitative estimate of drug-likeness (QED) is 0.854. The summed E-state index contributed by atoms with van der Waals surface area (Å²) in [6, 6.07) is 9.68. The number of benzene rings is 1. The molecule has 2 aromatic rings. The Morgan fingerprint density at radius 1 is 1.29 bits per heavy atom. The number of ether oxygens (including phenoxy) is 2. The fraction of sp³-hybridized carbons (Fsp3) is 0.455. The molecule has 0 spiro atoms. The molecule has 0 radical (unpaired) electrons. The van der Waals surface area contributed by atoms with Crippen LogP contribution in [0.2, 0.25) is 0 Å². The van der Waals surface area contributed by atoms with Gasteiger partial charge in [-0.05, 0) is 55.7 Å². The van der Waals surface area contributed by atoms with Crippen molar-refractivity contribution in [2.45, 2.75) is 44.7 Å². The van der Waals surface area contributed by atoms with Gasteiger partial charge in [0.15, 0.2) is 0 Å². The number of hydrogen-bond donors (Lipinski definition) is 1. The maximum Gasteiger partial charge on any atom is 0.244 e. The van der Waals surface area contributed by atoms with Gasteiger partial charge in [0.2, 0.25) is 5.91 Å². The molecule has 2 fully saturated rings. The highest BCUT2D eigenvalue weighted by Gasteiger charge is 2.35. The molecule has 6 nitrogen and oxygen atoms in total. The first-order chi connectivity index (χ1) is 13.7. The molecule has 1 aliphatic carbocycles. The van der Waals surface area contributed by atoms with Crippen LogP contribution in [0, 0.1) is 6.92 Å². The predicted molar refractivity (Wildman–Crippen MR) is 108 cm³/mol. The molecular formula is C22H27N3O3. The van der Waals surface area contributed by atoms with E-state index in [1.807, 2.05) is 37.3 Å². The van der Waals surface area contributed by atoms with Gasteiger partial charge >= 0.3 is 0 Å². The molecular weight excluding hydrogens is 354 g/mol. The Kier molecular flexibility index (Phi) is 5.88. The van der Waals surface area contributed by atoms with Crippen LogP contribution in [0.15, 0.2) is 42.7 Å². The number of aromatic nitrogens is 1. The number of rotatable bonds is 5. The van der Waals surface area contributed by atoms with E-state index in [0.717, 1.165) is 23.5 Å². The standard InChI is InChI=1S/C22H27N3O3/c1-16-13-17(8-9-21(16)28-19-7-4-10-23-14-19)24-22(26)20-15-27-12-11-25(20)18-5-2-3-6-18/h4,7-10,13-14,18,20H,2-3,5-6,11-12,15H2,1H3,(H,24,26). The van der Waals surface area contributed by atoms with E-state index >= 15 is 0 Å². The van der Waals surface area contributed by atoms with Crippen molar-refractivity contribution in [1.82, 2.24) is 9.88 Å². The van der Waals surface area contributed by atoms with E-state index in [1.54, 1.807) is 12.4 Å². The third-order valence-corrected chi connectivity index (χ3v) is 5.57. The van der Waals surface area contributed by atoms with E-state index in [4.69, 9.17) is 9.47 Å². The van der Waals surface area contributed by atoms with Crippen LogP contribution >= 0.6 is 0 Å². The summed E-state index contributed by atoms with van der Waals surface area (Å²) in [5, 5.41) is 3.07. The van der Waals surface area contributed by atoms with Crippen LogP contribution in [0.5, 0.6) is 11.5 Å². The molecule has 1 saturated carbocycles. The van der Waals surface area contributed by atoms with Crippen molar-refractivity contribution in [1.29, 1.82) is 0 Å². The third kappa shape index (κ3) is 4.34. The van der Waals surface area contributed by atoms with Crippen LogP contribution in [0.4, 0.5) is 5.69 Å². The summed E-state index contributed by atoms with van der Waals surface area (Å²) in [5.41, 5.74) is 1.73. The van der Waals surface area contributed by atoms with Crippen LogP contribution in [-0.2, 0) is 9.53 Å². The minimum absolute atomic E-state index is 0.00641. The molecule has 4 rings (SSSR count). The highest BCUT2D eigenvalue weighted by molar-refractivity contribution is 5.95. The molecule has 1 unspecified atom stereocenters. The van der Waals surface area contributed by atoms with Crippen LogP contribution < -0.4 is 10.1 Å². The molecule has 1 atom stereocenters. The summed E-state index contributed by atoms with van der Waals surface area (Å²) >= 11 is 0. The van der Waals surface area contributed by atoms with Crippen molar-refractivity contribution in [3.8, 4) is 11.5 Å². The molecule has 2 aliphatic rings. The minimum atomic E-state index is -0.219. The van der Waals surface area contributed by atoms with Gasteiger partial charge in [0.05, 0.1) is 19.4 Å².